The summed E-state index contributed by atoms with van der Waals surface area (Å²) >= 11 is 1.80. The minimum absolute atomic E-state index is 0.447. The van der Waals surface area contributed by atoms with E-state index in [1.807, 2.05) is 0 Å². The fourth-order valence-electron chi connectivity index (χ4n) is 3.62. The Morgan fingerprint density at radius 2 is 2.25 bits per heavy atom. The highest BCUT2D eigenvalue weighted by atomic mass is 32.1. The molecule has 1 aromatic heterocycles. The first kappa shape index (κ1) is 16.0. The highest BCUT2D eigenvalue weighted by Crippen LogP contribution is 2.41. The molecule has 0 aromatic carbocycles. The molecule has 1 aliphatic rings. The molecule has 20 heavy (non-hydrogen) atoms. The van der Waals surface area contributed by atoms with E-state index in [0.717, 1.165) is 19.0 Å². The molecule has 2 unspecified atom stereocenters. The van der Waals surface area contributed by atoms with Gasteiger partial charge in [0.25, 0.3) is 0 Å². The van der Waals surface area contributed by atoms with E-state index in [9.17, 15) is 0 Å². The maximum absolute atomic E-state index is 3.81. The van der Waals surface area contributed by atoms with Gasteiger partial charge in [0.15, 0.2) is 0 Å². The van der Waals surface area contributed by atoms with Crippen molar-refractivity contribution in [1.29, 1.82) is 0 Å². The molecule has 0 spiro atoms. The normalized spacial score (nSPS) is 25.4. The molecule has 0 saturated heterocycles. The second-order valence-electron chi connectivity index (χ2n) is 7.05. The van der Waals surface area contributed by atoms with Crippen molar-refractivity contribution in [2.45, 2.75) is 52.6 Å². The van der Waals surface area contributed by atoms with Gasteiger partial charge in [-0.3, -0.25) is 0 Å². The molecule has 1 aromatic rings. The van der Waals surface area contributed by atoms with Gasteiger partial charge >= 0.3 is 0 Å². The van der Waals surface area contributed by atoms with Crippen LogP contribution in [0.25, 0.3) is 0 Å². The Labute approximate surface area is 128 Å². The van der Waals surface area contributed by atoms with E-state index in [-0.39, 0.29) is 0 Å². The lowest BCUT2D eigenvalue weighted by molar-refractivity contribution is 0.200. The number of hydrogen-bond acceptors (Lipinski definition) is 3. The molecule has 0 radical (unpaired) electrons. The SMILES string of the molecule is CCCNC1C(CN(C)Cc2ccsc2)CCC1(C)C. The lowest BCUT2D eigenvalue weighted by Gasteiger charge is -2.33. The van der Waals surface area contributed by atoms with Crippen LogP contribution in [0.15, 0.2) is 16.8 Å². The van der Waals surface area contributed by atoms with Crippen molar-refractivity contribution in [2.75, 3.05) is 20.1 Å². The first-order chi connectivity index (χ1) is 9.53. The van der Waals surface area contributed by atoms with Crippen LogP contribution in [-0.4, -0.2) is 31.1 Å². The largest absolute Gasteiger partial charge is 0.313 e. The molecule has 0 amide bonds. The van der Waals surface area contributed by atoms with E-state index >= 15 is 0 Å². The third-order valence-corrected chi connectivity index (χ3v) is 5.40. The van der Waals surface area contributed by atoms with Crippen LogP contribution in [-0.2, 0) is 6.54 Å². The Bertz CT molecular complexity index is 386. The van der Waals surface area contributed by atoms with E-state index in [1.165, 1.54) is 31.4 Å². The Morgan fingerprint density at radius 3 is 2.90 bits per heavy atom. The van der Waals surface area contributed by atoms with Crippen LogP contribution in [0.2, 0.25) is 0 Å². The minimum Gasteiger partial charge on any atom is -0.313 e. The van der Waals surface area contributed by atoms with Crippen LogP contribution in [0.3, 0.4) is 0 Å². The number of nitrogens with zero attached hydrogens (tertiary/aromatic N) is 1. The quantitative estimate of drug-likeness (QED) is 0.818. The van der Waals surface area contributed by atoms with Gasteiger partial charge in [0.2, 0.25) is 0 Å². The van der Waals surface area contributed by atoms with E-state index in [2.05, 4.69) is 54.9 Å². The van der Waals surface area contributed by atoms with Crippen LogP contribution in [0.4, 0.5) is 0 Å². The summed E-state index contributed by atoms with van der Waals surface area (Å²) < 4.78 is 0. The molecule has 2 atom stereocenters. The maximum atomic E-state index is 3.81. The Hall–Kier alpha value is -0.380. The average molecular weight is 295 g/mol. The third-order valence-electron chi connectivity index (χ3n) is 4.67. The van der Waals surface area contributed by atoms with Crippen molar-refractivity contribution in [3.63, 3.8) is 0 Å². The standard InChI is InChI=1S/C17H30N2S/c1-5-9-18-16-15(6-8-17(16,2)3)12-19(4)11-14-7-10-20-13-14/h7,10,13,15-16,18H,5-6,8-9,11-12H2,1-4H3. The molecule has 114 valence electrons. The van der Waals surface area contributed by atoms with Crippen molar-refractivity contribution in [2.24, 2.45) is 11.3 Å². The van der Waals surface area contributed by atoms with Gasteiger partial charge in [0, 0.05) is 19.1 Å². The Kier molecular flexibility index (Phi) is 5.65. The summed E-state index contributed by atoms with van der Waals surface area (Å²) in [5.41, 5.74) is 1.90. The predicted molar refractivity (Wildman–Crippen MR) is 89.2 cm³/mol. The van der Waals surface area contributed by atoms with Gasteiger partial charge in [-0.25, -0.2) is 0 Å². The predicted octanol–water partition coefficient (Wildman–Crippen LogP) is 3.98. The molecule has 1 N–H and O–H groups in total. The second-order valence-corrected chi connectivity index (χ2v) is 7.83. The van der Waals surface area contributed by atoms with E-state index in [1.54, 1.807) is 11.3 Å². The molecule has 2 rings (SSSR count). The molecule has 1 aliphatic carbocycles. The zero-order valence-corrected chi connectivity index (χ0v) is 14.3. The van der Waals surface area contributed by atoms with Gasteiger partial charge in [-0.1, -0.05) is 20.8 Å². The van der Waals surface area contributed by atoms with Gasteiger partial charge in [-0.05, 0) is 66.6 Å². The molecule has 0 aliphatic heterocycles. The smallest absolute Gasteiger partial charge is 0.0239 e. The zero-order chi connectivity index (χ0) is 14.6. The summed E-state index contributed by atoms with van der Waals surface area (Å²) in [7, 11) is 2.26. The van der Waals surface area contributed by atoms with Crippen LogP contribution < -0.4 is 5.32 Å². The van der Waals surface area contributed by atoms with Gasteiger partial charge < -0.3 is 10.2 Å². The lowest BCUT2D eigenvalue weighted by atomic mass is 9.84. The van der Waals surface area contributed by atoms with E-state index in [0.29, 0.717) is 11.5 Å². The number of rotatable bonds is 7. The fraction of sp³-hybridized carbons (Fsp3) is 0.765. The summed E-state index contributed by atoms with van der Waals surface area (Å²) in [6, 6.07) is 2.92. The summed E-state index contributed by atoms with van der Waals surface area (Å²) in [6.07, 6.45) is 3.94. The van der Waals surface area contributed by atoms with Crippen molar-refractivity contribution >= 4 is 11.3 Å². The highest BCUT2D eigenvalue weighted by Gasteiger charge is 2.41. The number of thiophene rings is 1. The summed E-state index contributed by atoms with van der Waals surface area (Å²) in [4.78, 5) is 2.49. The topological polar surface area (TPSA) is 15.3 Å². The van der Waals surface area contributed by atoms with Crippen LogP contribution in [0.5, 0.6) is 0 Å². The van der Waals surface area contributed by atoms with Crippen LogP contribution >= 0.6 is 11.3 Å². The molecule has 1 heterocycles. The second kappa shape index (κ2) is 7.06. The fourth-order valence-corrected chi connectivity index (χ4v) is 4.28. The molecule has 0 bridgehead atoms. The number of nitrogens with one attached hydrogen (secondary N) is 1. The van der Waals surface area contributed by atoms with E-state index in [4.69, 9.17) is 0 Å². The summed E-state index contributed by atoms with van der Waals surface area (Å²) in [5, 5.41) is 8.25. The van der Waals surface area contributed by atoms with Crippen molar-refractivity contribution < 1.29 is 0 Å². The van der Waals surface area contributed by atoms with Crippen LogP contribution in [0, 0.1) is 11.3 Å². The summed E-state index contributed by atoms with van der Waals surface area (Å²) in [5.74, 6) is 0.792. The van der Waals surface area contributed by atoms with Crippen molar-refractivity contribution in [3.8, 4) is 0 Å². The Morgan fingerprint density at radius 1 is 1.45 bits per heavy atom. The Balaban J connectivity index is 1.89. The lowest BCUT2D eigenvalue weighted by Crippen LogP contribution is -2.45. The van der Waals surface area contributed by atoms with Crippen molar-refractivity contribution in [1.82, 2.24) is 10.2 Å². The third kappa shape index (κ3) is 4.06. The molecule has 1 saturated carbocycles. The first-order valence-electron chi connectivity index (χ1n) is 7.96. The molecular formula is C17H30N2S. The maximum Gasteiger partial charge on any atom is 0.0239 e. The minimum atomic E-state index is 0.447. The number of hydrogen-bond donors (Lipinski definition) is 1. The van der Waals surface area contributed by atoms with Gasteiger partial charge in [0.05, 0.1) is 0 Å². The van der Waals surface area contributed by atoms with Gasteiger partial charge in [-0.2, -0.15) is 11.3 Å². The van der Waals surface area contributed by atoms with Crippen LogP contribution in [0.1, 0.15) is 45.6 Å². The van der Waals surface area contributed by atoms with E-state index < -0.39 is 0 Å². The molecular weight excluding hydrogens is 264 g/mol. The molecule has 1 fully saturated rings. The van der Waals surface area contributed by atoms with Crippen molar-refractivity contribution in [3.05, 3.63) is 22.4 Å². The first-order valence-corrected chi connectivity index (χ1v) is 8.90. The molecule has 2 nitrogen and oxygen atoms in total. The zero-order valence-electron chi connectivity index (χ0n) is 13.5. The summed E-state index contributed by atoms with van der Waals surface area (Å²) in [6.45, 7) is 10.6. The highest BCUT2D eigenvalue weighted by molar-refractivity contribution is 7.07. The monoisotopic (exact) mass is 294 g/mol. The average Bonchev–Trinajstić information content (AvgIpc) is 2.97. The van der Waals surface area contributed by atoms with Gasteiger partial charge in [0.1, 0.15) is 0 Å². The van der Waals surface area contributed by atoms with Gasteiger partial charge in [-0.15, -0.1) is 0 Å². The molecule has 3 heteroatoms.